The van der Waals surface area contributed by atoms with E-state index in [1.165, 1.54) is 6.20 Å². The Morgan fingerprint density at radius 2 is 1.88 bits per heavy atom. The maximum atomic E-state index is 12.4. The second kappa shape index (κ2) is 6.61. The number of carbonyl (C=O) groups excluding carboxylic acids is 2. The highest BCUT2D eigenvalue weighted by Crippen LogP contribution is 2.37. The molecule has 1 saturated heterocycles. The maximum Gasteiger partial charge on any atom is 0.495 e. The molecule has 26 heavy (non-hydrogen) atoms. The smallest absolute Gasteiger partial charge is 0.399 e. The highest BCUT2D eigenvalue weighted by Gasteiger charge is 2.52. The van der Waals surface area contributed by atoms with Crippen LogP contribution in [-0.2, 0) is 9.31 Å². The molecule has 2 heterocycles. The van der Waals surface area contributed by atoms with Crippen LogP contribution >= 0.6 is 11.3 Å². The van der Waals surface area contributed by atoms with Gasteiger partial charge in [0.05, 0.1) is 16.1 Å². The lowest BCUT2D eigenvalue weighted by Gasteiger charge is -2.32. The normalized spacial score (nSPS) is 18.0. The highest BCUT2D eigenvalue weighted by molar-refractivity contribution is 7.15. The Balaban J connectivity index is 1.84. The molecule has 2 aromatic rings. The first kappa shape index (κ1) is 18.8. The monoisotopic (exact) mass is 372 g/mol. The Labute approximate surface area is 157 Å². The fourth-order valence-corrected chi connectivity index (χ4v) is 3.26. The molecular formula is C18H21BN2O4S. The van der Waals surface area contributed by atoms with Gasteiger partial charge in [0, 0.05) is 11.9 Å². The summed E-state index contributed by atoms with van der Waals surface area (Å²) in [4.78, 5) is 27.5. The number of hydrogen-bond acceptors (Lipinski definition) is 6. The van der Waals surface area contributed by atoms with Crippen molar-refractivity contribution in [1.82, 2.24) is 4.98 Å². The van der Waals surface area contributed by atoms with E-state index in [1.54, 1.807) is 0 Å². The van der Waals surface area contributed by atoms with Gasteiger partial charge in [-0.1, -0.05) is 12.1 Å². The van der Waals surface area contributed by atoms with Crippen LogP contribution in [0.15, 0.2) is 24.4 Å². The van der Waals surface area contributed by atoms with Crippen molar-refractivity contribution in [2.24, 2.45) is 0 Å². The number of amides is 1. The van der Waals surface area contributed by atoms with Gasteiger partial charge >= 0.3 is 7.12 Å². The molecule has 3 rings (SSSR count). The zero-order valence-electron chi connectivity index (χ0n) is 15.5. The van der Waals surface area contributed by atoms with Crippen molar-refractivity contribution in [2.45, 2.75) is 45.8 Å². The van der Waals surface area contributed by atoms with E-state index in [1.807, 2.05) is 52.8 Å². The number of carbonyl (C=O) groups is 2. The third kappa shape index (κ3) is 3.32. The number of nitrogens with one attached hydrogen (secondary N) is 1. The third-order valence-electron chi connectivity index (χ3n) is 4.97. The Bertz CT molecular complexity index is 847. The molecule has 0 aliphatic carbocycles. The van der Waals surface area contributed by atoms with Crippen LogP contribution in [0.5, 0.6) is 0 Å². The number of hydrogen-bond donors (Lipinski definition) is 1. The molecule has 0 saturated carbocycles. The van der Waals surface area contributed by atoms with E-state index >= 15 is 0 Å². The molecule has 0 atom stereocenters. The summed E-state index contributed by atoms with van der Waals surface area (Å²) >= 11 is 1.05. The lowest BCUT2D eigenvalue weighted by Crippen LogP contribution is -2.41. The molecule has 8 heteroatoms. The van der Waals surface area contributed by atoms with Gasteiger partial charge in [0.15, 0.2) is 11.3 Å². The molecule has 1 aliphatic heterocycles. The predicted molar refractivity (Wildman–Crippen MR) is 102 cm³/mol. The molecule has 1 fully saturated rings. The highest BCUT2D eigenvalue weighted by atomic mass is 32.1. The molecule has 1 amide bonds. The number of aromatic nitrogens is 1. The van der Waals surface area contributed by atoms with Crippen molar-refractivity contribution in [2.75, 3.05) is 5.32 Å². The number of thiazole rings is 1. The summed E-state index contributed by atoms with van der Waals surface area (Å²) in [5.74, 6) is -0.350. The van der Waals surface area contributed by atoms with Crippen LogP contribution in [0.4, 0.5) is 5.69 Å². The van der Waals surface area contributed by atoms with E-state index in [2.05, 4.69) is 10.3 Å². The summed E-state index contributed by atoms with van der Waals surface area (Å²) in [6.07, 6.45) is 2.07. The van der Waals surface area contributed by atoms with Crippen LogP contribution in [0.3, 0.4) is 0 Å². The van der Waals surface area contributed by atoms with Crippen LogP contribution in [0.1, 0.15) is 52.7 Å². The van der Waals surface area contributed by atoms with Gasteiger partial charge in [-0.25, -0.2) is 4.98 Å². The van der Waals surface area contributed by atoms with Crippen LogP contribution in [0.2, 0.25) is 0 Å². The van der Waals surface area contributed by atoms with Gasteiger partial charge in [0.2, 0.25) is 0 Å². The summed E-state index contributed by atoms with van der Waals surface area (Å²) in [5.41, 5.74) is 1.52. The molecule has 0 spiro atoms. The minimum Gasteiger partial charge on any atom is -0.399 e. The number of benzene rings is 1. The minimum atomic E-state index is -0.501. The lowest BCUT2D eigenvalue weighted by molar-refractivity contribution is 0.00578. The number of anilines is 1. The molecule has 1 aromatic carbocycles. The third-order valence-corrected chi connectivity index (χ3v) is 5.89. The summed E-state index contributed by atoms with van der Waals surface area (Å²) < 4.78 is 12.2. The Morgan fingerprint density at radius 1 is 1.23 bits per heavy atom. The average Bonchev–Trinajstić information content (AvgIpc) is 3.12. The Morgan fingerprint density at radius 3 is 2.46 bits per heavy atom. The van der Waals surface area contributed by atoms with Gasteiger partial charge in [-0.05, 0) is 51.7 Å². The van der Waals surface area contributed by atoms with Crippen LogP contribution < -0.4 is 10.8 Å². The van der Waals surface area contributed by atoms with E-state index < -0.39 is 18.3 Å². The summed E-state index contributed by atoms with van der Waals surface area (Å²) in [5, 5.41) is 3.09. The van der Waals surface area contributed by atoms with Crippen molar-refractivity contribution in [3.8, 4) is 0 Å². The molecule has 1 N–H and O–H groups in total. The Kier molecular flexibility index (Phi) is 4.77. The standard InChI is InChI=1S/C18H21BN2O4S/c1-11-13(19-24-17(2,3)18(4,5)25-19)7-6-8-14(11)21-15(23)16-20-9-12(10-22)26-16/h6-10H,1-5H3,(H,21,23). The molecule has 136 valence electrons. The minimum absolute atomic E-state index is 0.243. The van der Waals surface area contributed by atoms with Gasteiger partial charge in [0.25, 0.3) is 5.91 Å². The largest absolute Gasteiger partial charge is 0.495 e. The van der Waals surface area contributed by atoms with Gasteiger partial charge < -0.3 is 14.6 Å². The fraction of sp³-hybridized carbons (Fsp3) is 0.389. The predicted octanol–water partition coefficient (Wildman–Crippen LogP) is 2.82. The first-order valence-electron chi connectivity index (χ1n) is 8.32. The zero-order valence-corrected chi connectivity index (χ0v) is 16.3. The van der Waals surface area contributed by atoms with E-state index in [-0.39, 0.29) is 10.9 Å². The van der Waals surface area contributed by atoms with Gasteiger partial charge in [-0.3, -0.25) is 9.59 Å². The molecular weight excluding hydrogens is 351 g/mol. The molecule has 0 unspecified atom stereocenters. The van der Waals surface area contributed by atoms with E-state index in [0.717, 1.165) is 22.4 Å². The first-order valence-corrected chi connectivity index (χ1v) is 9.14. The number of nitrogens with zero attached hydrogens (tertiary/aromatic N) is 1. The van der Waals surface area contributed by atoms with Crippen molar-refractivity contribution in [3.63, 3.8) is 0 Å². The van der Waals surface area contributed by atoms with E-state index in [0.29, 0.717) is 16.9 Å². The van der Waals surface area contributed by atoms with Crippen molar-refractivity contribution in [1.29, 1.82) is 0 Å². The second-order valence-corrected chi connectivity index (χ2v) is 8.31. The quantitative estimate of drug-likeness (QED) is 0.660. The van der Waals surface area contributed by atoms with Gasteiger partial charge in [0.1, 0.15) is 0 Å². The number of rotatable bonds is 4. The second-order valence-electron chi connectivity index (χ2n) is 7.25. The van der Waals surface area contributed by atoms with Crippen LogP contribution in [0, 0.1) is 6.92 Å². The van der Waals surface area contributed by atoms with Gasteiger partial charge in [-0.15, -0.1) is 11.3 Å². The van der Waals surface area contributed by atoms with Crippen molar-refractivity contribution < 1.29 is 18.9 Å². The van der Waals surface area contributed by atoms with Gasteiger partial charge in [-0.2, -0.15) is 0 Å². The van der Waals surface area contributed by atoms with Crippen molar-refractivity contribution >= 4 is 41.8 Å². The maximum absolute atomic E-state index is 12.4. The van der Waals surface area contributed by atoms with E-state index in [4.69, 9.17) is 9.31 Å². The fourth-order valence-electron chi connectivity index (χ4n) is 2.64. The summed E-state index contributed by atoms with van der Waals surface area (Å²) in [6, 6.07) is 5.60. The molecule has 1 aromatic heterocycles. The molecule has 0 bridgehead atoms. The van der Waals surface area contributed by atoms with Crippen LogP contribution in [-0.4, -0.2) is 35.5 Å². The molecule has 6 nitrogen and oxygen atoms in total. The van der Waals surface area contributed by atoms with Crippen LogP contribution in [0.25, 0.3) is 0 Å². The average molecular weight is 372 g/mol. The number of aldehydes is 1. The Hall–Kier alpha value is -2.03. The topological polar surface area (TPSA) is 77.5 Å². The SMILES string of the molecule is Cc1c(NC(=O)c2ncc(C=O)s2)cccc1B1OC(C)(C)C(C)(C)O1. The zero-order chi connectivity index (χ0) is 19.1. The van der Waals surface area contributed by atoms with Crippen molar-refractivity contribution in [3.05, 3.63) is 39.8 Å². The summed E-state index contributed by atoms with van der Waals surface area (Å²) in [6.45, 7) is 9.92. The molecule has 0 radical (unpaired) electrons. The first-order chi connectivity index (χ1) is 12.1. The van der Waals surface area contributed by atoms with E-state index in [9.17, 15) is 9.59 Å². The molecule has 1 aliphatic rings. The lowest BCUT2D eigenvalue weighted by atomic mass is 9.76. The summed E-state index contributed by atoms with van der Waals surface area (Å²) in [7, 11) is -0.501.